The highest BCUT2D eigenvalue weighted by Crippen LogP contribution is 2.24. The average molecular weight is 392 g/mol. The van der Waals surface area contributed by atoms with Gasteiger partial charge in [0.25, 0.3) is 5.91 Å². The van der Waals surface area contributed by atoms with Crippen LogP contribution in [0.1, 0.15) is 43.6 Å². The van der Waals surface area contributed by atoms with E-state index in [1.807, 2.05) is 0 Å². The van der Waals surface area contributed by atoms with Crippen molar-refractivity contribution in [1.29, 1.82) is 0 Å². The Hall–Kier alpha value is -2.97. The zero-order valence-electron chi connectivity index (χ0n) is 15.9. The summed E-state index contributed by atoms with van der Waals surface area (Å²) in [6.07, 6.45) is 1.94. The van der Waals surface area contributed by atoms with Crippen LogP contribution in [0.25, 0.3) is 0 Å². The van der Waals surface area contributed by atoms with Crippen molar-refractivity contribution in [3.8, 4) is 0 Å². The molecule has 1 atom stereocenters. The van der Waals surface area contributed by atoms with Crippen molar-refractivity contribution in [1.82, 2.24) is 14.7 Å². The fraction of sp³-hybridized carbons (Fsp3) is 0.421. The zero-order chi connectivity index (χ0) is 20.5. The van der Waals surface area contributed by atoms with E-state index < -0.39 is 28.7 Å². The third kappa shape index (κ3) is 4.47. The van der Waals surface area contributed by atoms with Gasteiger partial charge in [-0.15, -0.1) is 0 Å². The molecule has 7 nitrogen and oxygen atoms in total. The van der Waals surface area contributed by atoms with Crippen LogP contribution < -0.4 is 5.32 Å². The Bertz CT molecular complexity index is 871. The summed E-state index contributed by atoms with van der Waals surface area (Å²) in [4.78, 5) is 25.9. The molecular weight excluding hydrogens is 370 g/mol. The molecule has 1 aliphatic rings. The van der Waals surface area contributed by atoms with Crippen LogP contribution in [0.2, 0.25) is 0 Å². The molecule has 9 heteroatoms. The third-order valence-corrected chi connectivity index (χ3v) is 4.23. The van der Waals surface area contributed by atoms with Crippen molar-refractivity contribution in [2.24, 2.45) is 0 Å². The Morgan fingerprint density at radius 3 is 2.54 bits per heavy atom. The number of rotatable bonds is 3. The Balaban J connectivity index is 1.63. The number of nitrogens with one attached hydrogen (secondary N) is 1. The molecule has 0 saturated carbocycles. The topological polar surface area (TPSA) is 76.5 Å². The normalized spacial score (nSPS) is 16.9. The minimum atomic E-state index is -0.944. The summed E-state index contributed by atoms with van der Waals surface area (Å²) in [5, 5.41) is 6.64. The lowest BCUT2D eigenvalue weighted by Gasteiger charge is -2.24. The van der Waals surface area contributed by atoms with Crippen LogP contribution in [0.15, 0.2) is 30.5 Å². The Labute approximate surface area is 161 Å². The maximum Gasteiger partial charge on any atom is 0.410 e. The number of halogens is 2. The zero-order valence-corrected chi connectivity index (χ0v) is 15.9. The number of aromatic nitrogens is 2. The highest BCUT2D eigenvalue weighted by molar-refractivity contribution is 6.04. The molecule has 1 aromatic heterocycles. The molecule has 150 valence electrons. The number of hydrogen-bond acceptors (Lipinski definition) is 4. The van der Waals surface area contributed by atoms with Crippen molar-refractivity contribution < 1.29 is 23.1 Å². The van der Waals surface area contributed by atoms with Gasteiger partial charge < -0.3 is 15.0 Å². The number of nitrogens with zero attached hydrogens (tertiary/aromatic N) is 3. The number of carbonyl (C=O) groups excluding carboxylic acids is 2. The molecule has 3 rings (SSSR count). The largest absolute Gasteiger partial charge is 0.444 e. The molecule has 0 aliphatic carbocycles. The van der Waals surface area contributed by atoms with Crippen molar-refractivity contribution in [2.75, 3.05) is 18.4 Å². The van der Waals surface area contributed by atoms with E-state index in [0.717, 1.165) is 12.1 Å². The van der Waals surface area contributed by atoms with Gasteiger partial charge in [-0.3, -0.25) is 9.48 Å². The number of likely N-dealkylation sites (tertiary alicyclic amines) is 1. The summed E-state index contributed by atoms with van der Waals surface area (Å²) in [6.45, 7) is 6.37. The molecule has 28 heavy (non-hydrogen) atoms. The van der Waals surface area contributed by atoms with Gasteiger partial charge in [-0.25, -0.2) is 13.6 Å². The molecule has 0 bridgehead atoms. The molecule has 1 aliphatic heterocycles. The van der Waals surface area contributed by atoms with Gasteiger partial charge in [0.1, 0.15) is 22.8 Å². The van der Waals surface area contributed by atoms with Gasteiger partial charge in [0.15, 0.2) is 5.82 Å². The second-order valence-electron chi connectivity index (χ2n) is 7.60. The number of benzene rings is 1. The van der Waals surface area contributed by atoms with E-state index in [4.69, 9.17) is 4.74 Å². The summed E-state index contributed by atoms with van der Waals surface area (Å²) >= 11 is 0. The Morgan fingerprint density at radius 1 is 1.21 bits per heavy atom. The van der Waals surface area contributed by atoms with Gasteiger partial charge in [-0.2, -0.15) is 5.10 Å². The number of anilines is 1. The van der Waals surface area contributed by atoms with Crippen molar-refractivity contribution in [3.05, 3.63) is 47.7 Å². The average Bonchev–Trinajstić information content (AvgIpc) is 3.22. The molecule has 2 amide bonds. The Kier molecular flexibility index (Phi) is 5.35. The first-order valence-corrected chi connectivity index (χ1v) is 8.92. The quantitative estimate of drug-likeness (QED) is 0.866. The number of amides is 2. The lowest BCUT2D eigenvalue weighted by Crippen LogP contribution is -2.35. The monoisotopic (exact) mass is 392 g/mol. The maximum absolute atomic E-state index is 13.7. The van der Waals surface area contributed by atoms with E-state index in [1.165, 1.54) is 12.1 Å². The second kappa shape index (κ2) is 7.57. The van der Waals surface area contributed by atoms with Crippen LogP contribution in [0.4, 0.5) is 19.4 Å². The van der Waals surface area contributed by atoms with Crippen molar-refractivity contribution in [2.45, 2.75) is 38.8 Å². The summed E-state index contributed by atoms with van der Waals surface area (Å²) in [6, 6.07) is 4.67. The minimum absolute atomic E-state index is 0.0802. The number of ether oxygens (including phenoxy) is 1. The molecule has 1 saturated heterocycles. The van der Waals surface area contributed by atoms with Crippen LogP contribution in [0, 0.1) is 11.6 Å². The molecule has 1 aromatic carbocycles. The standard InChI is InChI=1S/C19H22F2N4O3/c1-19(2,3)28-18(27)24-9-7-12(11-24)25-10-8-15(23-25)22-17(26)16-13(20)5-4-6-14(16)21/h4-6,8,10,12H,7,9,11H2,1-3H3,(H,22,23,26). The highest BCUT2D eigenvalue weighted by atomic mass is 19.1. The molecule has 2 aromatic rings. The van der Waals surface area contributed by atoms with E-state index >= 15 is 0 Å². The fourth-order valence-electron chi connectivity index (χ4n) is 2.95. The molecule has 2 heterocycles. The molecular formula is C19H22F2N4O3. The van der Waals surface area contributed by atoms with E-state index in [0.29, 0.717) is 19.5 Å². The lowest BCUT2D eigenvalue weighted by atomic mass is 10.2. The first-order valence-electron chi connectivity index (χ1n) is 8.92. The summed E-state index contributed by atoms with van der Waals surface area (Å²) in [7, 11) is 0. The molecule has 0 spiro atoms. The van der Waals surface area contributed by atoms with Crippen LogP contribution >= 0.6 is 0 Å². The molecule has 1 fully saturated rings. The Morgan fingerprint density at radius 2 is 1.89 bits per heavy atom. The predicted octanol–water partition coefficient (Wildman–Crippen LogP) is 3.60. The minimum Gasteiger partial charge on any atom is -0.444 e. The molecule has 1 unspecified atom stereocenters. The second-order valence-corrected chi connectivity index (χ2v) is 7.60. The first-order chi connectivity index (χ1) is 13.1. The number of hydrogen-bond donors (Lipinski definition) is 1. The van der Waals surface area contributed by atoms with Crippen LogP contribution in [-0.2, 0) is 4.74 Å². The van der Waals surface area contributed by atoms with E-state index in [9.17, 15) is 18.4 Å². The van der Waals surface area contributed by atoms with E-state index in [-0.39, 0.29) is 18.0 Å². The first kappa shape index (κ1) is 19.8. The van der Waals surface area contributed by atoms with Gasteiger partial charge in [0.2, 0.25) is 0 Å². The van der Waals surface area contributed by atoms with Gasteiger partial charge >= 0.3 is 6.09 Å². The van der Waals surface area contributed by atoms with Crippen molar-refractivity contribution in [3.63, 3.8) is 0 Å². The highest BCUT2D eigenvalue weighted by Gasteiger charge is 2.31. The molecule has 1 N–H and O–H groups in total. The van der Waals surface area contributed by atoms with Gasteiger partial charge in [0, 0.05) is 25.4 Å². The van der Waals surface area contributed by atoms with Crippen LogP contribution in [0.5, 0.6) is 0 Å². The lowest BCUT2D eigenvalue weighted by molar-refractivity contribution is 0.0288. The van der Waals surface area contributed by atoms with E-state index in [1.54, 1.807) is 36.5 Å². The van der Waals surface area contributed by atoms with Crippen LogP contribution in [-0.4, -0.2) is 45.4 Å². The molecule has 0 radical (unpaired) electrons. The van der Waals surface area contributed by atoms with Crippen LogP contribution in [0.3, 0.4) is 0 Å². The smallest absolute Gasteiger partial charge is 0.410 e. The number of carbonyl (C=O) groups is 2. The maximum atomic E-state index is 13.7. The SMILES string of the molecule is CC(C)(C)OC(=O)N1CCC(n2ccc(NC(=O)c3c(F)cccc3F)n2)C1. The van der Waals surface area contributed by atoms with E-state index in [2.05, 4.69) is 10.4 Å². The van der Waals surface area contributed by atoms with Gasteiger partial charge in [-0.05, 0) is 39.3 Å². The third-order valence-electron chi connectivity index (χ3n) is 4.23. The summed E-state index contributed by atoms with van der Waals surface area (Å²) < 4.78 is 34.4. The van der Waals surface area contributed by atoms with Gasteiger partial charge in [-0.1, -0.05) is 6.07 Å². The van der Waals surface area contributed by atoms with Gasteiger partial charge in [0.05, 0.1) is 6.04 Å². The fourth-order valence-corrected chi connectivity index (χ4v) is 2.95. The van der Waals surface area contributed by atoms with Crippen molar-refractivity contribution >= 4 is 17.8 Å². The predicted molar refractivity (Wildman–Crippen MR) is 98.0 cm³/mol. The summed E-state index contributed by atoms with van der Waals surface area (Å²) in [5.74, 6) is -2.63. The summed E-state index contributed by atoms with van der Waals surface area (Å²) in [5.41, 5.74) is -1.23.